The molecule has 0 saturated heterocycles. The number of aryl methyl sites for hydroxylation is 1. The number of halogens is 1. The smallest absolute Gasteiger partial charge is 0.129 e. The summed E-state index contributed by atoms with van der Waals surface area (Å²) in [4.78, 5) is 0. The molecule has 3 aromatic rings. The second-order valence-corrected chi connectivity index (χ2v) is 5.38. The molecule has 0 aliphatic rings. The van der Waals surface area contributed by atoms with Gasteiger partial charge < -0.3 is 5.11 Å². The van der Waals surface area contributed by atoms with E-state index in [0.29, 0.717) is 12.0 Å². The van der Waals surface area contributed by atoms with Crippen molar-refractivity contribution in [1.82, 2.24) is 0 Å². The quantitative estimate of drug-likeness (QED) is 0.745. The van der Waals surface area contributed by atoms with Crippen LogP contribution >= 0.6 is 0 Å². The highest BCUT2D eigenvalue weighted by molar-refractivity contribution is 5.85. The summed E-state index contributed by atoms with van der Waals surface area (Å²) in [5.41, 5.74) is 2.24. The summed E-state index contributed by atoms with van der Waals surface area (Å²) in [7, 11) is 0. The van der Waals surface area contributed by atoms with Gasteiger partial charge in [-0.05, 0) is 34.9 Å². The highest BCUT2D eigenvalue weighted by Crippen LogP contribution is 2.26. The number of rotatable bonds is 3. The molecule has 1 N–H and O–H groups in total. The van der Waals surface area contributed by atoms with Crippen LogP contribution in [0, 0.1) is 12.7 Å². The first-order chi connectivity index (χ1) is 10.1. The van der Waals surface area contributed by atoms with Crippen molar-refractivity contribution in [2.24, 2.45) is 0 Å². The van der Waals surface area contributed by atoms with Crippen LogP contribution in [0.1, 0.15) is 22.8 Å². The molecule has 0 aromatic heterocycles. The predicted octanol–water partition coefficient (Wildman–Crippen LogP) is 4.56. The lowest BCUT2D eigenvalue weighted by molar-refractivity contribution is 0.174. The monoisotopic (exact) mass is 280 g/mol. The van der Waals surface area contributed by atoms with E-state index in [0.717, 1.165) is 21.9 Å². The second kappa shape index (κ2) is 5.66. The van der Waals surface area contributed by atoms with Gasteiger partial charge in [-0.25, -0.2) is 4.39 Å². The zero-order chi connectivity index (χ0) is 14.8. The second-order valence-electron chi connectivity index (χ2n) is 5.38. The molecule has 3 rings (SSSR count). The molecule has 0 radical (unpaired) electrons. The molecule has 3 aromatic carbocycles. The van der Waals surface area contributed by atoms with Gasteiger partial charge in [-0.3, -0.25) is 0 Å². The Hall–Kier alpha value is -2.19. The average molecular weight is 280 g/mol. The number of benzene rings is 3. The van der Waals surface area contributed by atoms with E-state index >= 15 is 0 Å². The van der Waals surface area contributed by atoms with Gasteiger partial charge in [0.05, 0.1) is 6.10 Å². The number of hydrogen-bond donors (Lipinski definition) is 1. The Morgan fingerprint density at radius 1 is 1.00 bits per heavy atom. The Balaban J connectivity index is 1.94. The van der Waals surface area contributed by atoms with E-state index < -0.39 is 6.10 Å². The van der Waals surface area contributed by atoms with E-state index in [1.807, 2.05) is 55.5 Å². The summed E-state index contributed by atoms with van der Waals surface area (Å²) in [5, 5.41) is 12.6. The van der Waals surface area contributed by atoms with Crippen molar-refractivity contribution in [2.45, 2.75) is 19.4 Å². The maximum atomic E-state index is 14.0. The third kappa shape index (κ3) is 2.81. The molecule has 106 valence electrons. The van der Waals surface area contributed by atoms with Gasteiger partial charge in [-0.15, -0.1) is 0 Å². The Morgan fingerprint density at radius 3 is 2.57 bits per heavy atom. The molecule has 0 heterocycles. The van der Waals surface area contributed by atoms with Gasteiger partial charge in [0.25, 0.3) is 0 Å². The van der Waals surface area contributed by atoms with Crippen molar-refractivity contribution in [3.05, 3.63) is 83.2 Å². The molecular formula is C19H17FO. The van der Waals surface area contributed by atoms with Crippen molar-refractivity contribution in [3.63, 3.8) is 0 Å². The van der Waals surface area contributed by atoms with Crippen LogP contribution in [0.3, 0.4) is 0 Å². The molecule has 1 atom stereocenters. The minimum Gasteiger partial charge on any atom is -0.388 e. The molecule has 2 heteroatoms. The first-order valence-electron chi connectivity index (χ1n) is 7.06. The molecule has 21 heavy (non-hydrogen) atoms. The molecule has 0 aliphatic heterocycles. The fourth-order valence-corrected chi connectivity index (χ4v) is 2.69. The number of aliphatic hydroxyl groups excluding tert-OH is 1. The molecule has 1 nitrogen and oxygen atoms in total. The summed E-state index contributed by atoms with van der Waals surface area (Å²) in [6.07, 6.45) is -0.433. The standard InChI is InChI=1S/C19H17FO/c1-13-9-10-17(18(20)11-13)19(21)12-15-7-4-6-14-5-2-3-8-16(14)15/h2-11,19,21H,12H2,1H3. The van der Waals surface area contributed by atoms with Crippen LogP contribution in [0.25, 0.3) is 10.8 Å². The number of hydrogen-bond acceptors (Lipinski definition) is 1. The lowest BCUT2D eigenvalue weighted by Gasteiger charge is -2.14. The van der Waals surface area contributed by atoms with Crippen LogP contribution in [0.2, 0.25) is 0 Å². The van der Waals surface area contributed by atoms with Crippen molar-refractivity contribution < 1.29 is 9.50 Å². The van der Waals surface area contributed by atoms with Crippen molar-refractivity contribution in [3.8, 4) is 0 Å². The van der Waals surface area contributed by atoms with Gasteiger partial charge in [0, 0.05) is 12.0 Å². The van der Waals surface area contributed by atoms with Crippen LogP contribution in [-0.2, 0) is 6.42 Å². The Labute approximate surface area is 123 Å². The van der Waals surface area contributed by atoms with Crippen molar-refractivity contribution >= 4 is 10.8 Å². The first kappa shape index (κ1) is 13.8. The van der Waals surface area contributed by atoms with Crippen molar-refractivity contribution in [2.75, 3.05) is 0 Å². The first-order valence-corrected chi connectivity index (χ1v) is 7.06. The van der Waals surface area contributed by atoms with Gasteiger partial charge in [0.2, 0.25) is 0 Å². The third-order valence-electron chi connectivity index (χ3n) is 3.81. The molecule has 0 amide bonds. The van der Waals surface area contributed by atoms with E-state index in [1.165, 1.54) is 6.07 Å². The molecule has 1 unspecified atom stereocenters. The number of fused-ring (bicyclic) bond motifs is 1. The van der Waals surface area contributed by atoms with Gasteiger partial charge in [0.1, 0.15) is 5.82 Å². The summed E-state index contributed by atoms with van der Waals surface area (Å²) in [6.45, 7) is 1.84. The lowest BCUT2D eigenvalue weighted by Crippen LogP contribution is -2.05. The Morgan fingerprint density at radius 2 is 1.76 bits per heavy atom. The van der Waals surface area contributed by atoms with E-state index in [1.54, 1.807) is 6.07 Å². The van der Waals surface area contributed by atoms with Crippen LogP contribution < -0.4 is 0 Å². The Kier molecular flexibility index (Phi) is 3.72. The van der Waals surface area contributed by atoms with Gasteiger partial charge in [0.15, 0.2) is 0 Å². The minimum atomic E-state index is -0.837. The molecule has 0 fully saturated rings. The van der Waals surface area contributed by atoms with Crippen LogP contribution in [0.4, 0.5) is 4.39 Å². The van der Waals surface area contributed by atoms with Crippen LogP contribution in [-0.4, -0.2) is 5.11 Å². The van der Waals surface area contributed by atoms with E-state index in [9.17, 15) is 9.50 Å². The fourth-order valence-electron chi connectivity index (χ4n) is 2.69. The zero-order valence-electron chi connectivity index (χ0n) is 11.9. The van der Waals surface area contributed by atoms with Gasteiger partial charge in [-0.2, -0.15) is 0 Å². The van der Waals surface area contributed by atoms with Crippen LogP contribution in [0.15, 0.2) is 60.7 Å². The maximum absolute atomic E-state index is 14.0. The SMILES string of the molecule is Cc1ccc(C(O)Cc2cccc3ccccc23)c(F)c1. The largest absolute Gasteiger partial charge is 0.388 e. The predicted molar refractivity (Wildman–Crippen MR) is 83.7 cm³/mol. The molecule has 0 saturated carbocycles. The molecule has 0 aliphatic carbocycles. The third-order valence-corrected chi connectivity index (χ3v) is 3.81. The average Bonchev–Trinajstić information content (AvgIpc) is 2.47. The minimum absolute atomic E-state index is 0.345. The van der Waals surface area contributed by atoms with E-state index in [2.05, 4.69) is 0 Å². The molecular weight excluding hydrogens is 263 g/mol. The zero-order valence-corrected chi connectivity index (χ0v) is 11.9. The highest BCUT2D eigenvalue weighted by atomic mass is 19.1. The van der Waals surface area contributed by atoms with Gasteiger partial charge >= 0.3 is 0 Å². The summed E-state index contributed by atoms with van der Waals surface area (Å²) in [5.74, 6) is -0.345. The topological polar surface area (TPSA) is 20.2 Å². The van der Waals surface area contributed by atoms with E-state index in [-0.39, 0.29) is 5.82 Å². The normalized spacial score (nSPS) is 12.5. The summed E-state index contributed by atoms with van der Waals surface area (Å²) in [6, 6.07) is 19.0. The molecule has 0 spiro atoms. The van der Waals surface area contributed by atoms with Crippen LogP contribution in [0.5, 0.6) is 0 Å². The Bertz CT molecular complexity index is 774. The highest BCUT2D eigenvalue weighted by Gasteiger charge is 2.14. The van der Waals surface area contributed by atoms with Gasteiger partial charge in [-0.1, -0.05) is 54.6 Å². The van der Waals surface area contributed by atoms with E-state index in [4.69, 9.17) is 0 Å². The van der Waals surface area contributed by atoms with Crippen molar-refractivity contribution in [1.29, 1.82) is 0 Å². The molecule has 0 bridgehead atoms. The summed E-state index contributed by atoms with van der Waals surface area (Å²) < 4.78 is 14.0. The summed E-state index contributed by atoms with van der Waals surface area (Å²) >= 11 is 0. The number of aliphatic hydroxyl groups is 1. The maximum Gasteiger partial charge on any atom is 0.129 e. The fraction of sp³-hybridized carbons (Fsp3) is 0.158. The lowest BCUT2D eigenvalue weighted by atomic mass is 9.96.